The van der Waals surface area contributed by atoms with Crippen LogP contribution in [0.3, 0.4) is 0 Å². The predicted molar refractivity (Wildman–Crippen MR) is 88.0 cm³/mol. The summed E-state index contributed by atoms with van der Waals surface area (Å²) in [5, 5.41) is 0. The summed E-state index contributed by atoms with van der Waals surface area (Å²) in [6.45, 7) is 5.34. The van der Waals surface area contributed by atoms with E-state index in [2.05, 4.69) is 14.9 Å². The number of hydrogen-bond acceptors (Lipinski definition) is 6. The lowest BCUT2D eigenvalue weighted by atomic mass is 10.1. The monoisotopic (exact) mass is 332 g/mol. The minimum atomic E-state index is -0.240. The Kier molecular flexibility index (Phi) is 4.62. The molecule has 3 aliphatic rings. The Morgan fingerprint density at radius 3 is 2.71 bits per heavy atom. The molecule has 0 N–H and O–H groups in total. The molecular formula is C17H24N4O3. The lowest BCUT2D eigenvalue weighted by molar-refractivity contribution is -0.140. The molecule has 0 unspecified atom stereocenters. The van der Waals surface area contributed by atoms with E-state index in [-0.39, 0.29) is 12.0 Å². The lowest BCUT2D eigenvalue weighted by Gasteiger charge is -2.29. The molecule has 1 aromatic rings. The van der Waals surface area contributed by atoms with Gasteiger partial charge in [0.25, 0.3) is 5.91 Å². The molecule has 3 aliphatic heterocycles. The highest BCUT2D eigenvalue weighted by atomic mass is 16.5. The Balaban J connectivity index is 1.51. The number of hydrogen-bond donors (Lipinski definition) is 0. The van der Waals surface area contributed by atoms with E-state index >= 15 is 0 Å². The van der Waals surface area contributed by atoms with Crippen LogP contribution in [-0.2, 0) is 27.1 Å². The first kappa shape index (κ1) is 15.8. The average molecular weight is 332 g/mol. The molecule has 7 heteroatoms. The van der Waals surface area contributed by atoms with Gasteiger partial charge in [0.05, 0.1) is 18.9 Å². The van der Waals surface area contributed by atoms with Crippen LogP contribution in [0.4, 0.5) is 5.82 Å². The number of nitrogens with zero attached hydrogens (tertiary/aromatic N) is 4. The molecule has 0 spiro atoms. The Labute approximate surface area is 142 Å². The summed E-state index contributed by atoms with van der Waals surface area (Å²) in [5.41, 5.74) is 2.27. The second-order valence-corrected chi connectivity index (χ2v) is 6.55. The van der Waals surface area contributed by atoms with E-state index in [1.165, 1.54) is 5.56 Å². The largest absolute Gasteiger partial charge is 0.378 e. The summed E-state index contributed by atoms with van der Waals surface area (Å²) in [7, 11) is 0. The number of carbonyl (C=O) groups excluding carboxylic acids is 1. The molecule has 2 saturated heterocycles. The summed E-state index contributed by atoms with van der Waals surface area (Å²) >= 11 is 0. The molecular weight excluding hydrogens is 308 g/mol. The molecule has 0 bridgehead atoms. The zero-order chi connectivity index (χ0) is 16.4. The summed E-state index contributed by atoms with van der Waals surface area (Å²) in [5.74, 6) is 1.16. The van der Waals surface area contributed by atoms with Gasteiger partial charge in [-0.25, -0.2) is 9.97 Å². The average Bonchev–Trinajstić information content (AvgIpc) is 3.08. The zero-order valence-electron chi connectivity index (χ0n) is 13.9. The van der Waals surface area contributed by atoms with E-state index in [1.54, 1.807) is 6.33 Å². The van der Waals surface area contributed by atoms with Crippen LogP contribution in [0, 0.1) is 0 Å². The molecule has 130 valence electrons. The second-order valence-electron chi connectivity index (χ2n) is 6.55. The maximum Gasteiger partial charge on any atom is 0.251 e. The van der Waals surface area contributed by atoms with Crippen molar-refractivity contribution in [1.82, 2.24) is 14.9 Å². The molecule has 0 saturated carbocycles. The Morgan fingerprint density at radius 2 is 1.92 bits per heavy atom. The Morgan fingerprint density at radius 1 is 1.08 bits per heavy atom. The van der Waals surface area contributed by atoms with Gasteiger partial charge in [0, 0.05) is 44.8 Å². The third-order valence-corrected chi connectivity index (χ3v) is 5.09. The normalized spacial score (nSPS) is 24.6. The molecule has 4 heterocycles. The van der Waals surface area contributed by atoms with Crippen molar-refractivity contribution in [3.05, 3.63) is 17.6 Å². The van der Waals surface area contributed by atoms with Crippen molar-refractivity contribution in [3.63, 3.8) is 0 Å². The van der Waals surface area contributed by atoms with Crippen LogP contribution < -0.4 is 4.90 Å². The van der Waals surface area contributed by atoms with Gasteiger partial charge in [0.1, 0.15) is 18.2 Å². The van der Waals surface area contributed by atoms with Gasteiger partial charge in [0.15, 0.2) is 0 Å². The molecule has 0 aromatic carbocycles. The van der Waals surface area contributed by atoms with E-state index in [9.17, 15) is 4.79 Å². The van der Waals surface area contributed by atoms with Crippen LogP contribution in [0.25, 0.3) is 0 Å². The van der Waals surface area contributed by atoms with Gasteiger partial charge in [0.2, 0.25) is 0 Å². The summed E-state index contributed by atoms with van der Waals surface area (Å²) in [4.78, 5) is 25.9. The highest BCUT2D eigenvalue weighted by Gasteiger charge is 2.30. The third-order valence-electron chi connectivity index (χ3n) is 5.09. The first-order chi connectivity index (χ1) is 11.8. The van der Waals surface area contributed by atoms with Gasteiger partial charge in [-0.15, -0.1) is 0 Å². The minimum Gasteiger partial charge on any atom is -0.378 e. The molecule has 4 rings (SSSR count). The van der Waals surface area contributed by atoms with Gasteiger partial charge in [-0.3, -0.25) is 4.79 Å². The number of amides is 1. The van der Waals surface area contributed by atoms with Crippen molar-refractivity contribution in [2.75, 3.05) is 50.9 Å². The van der Waals surface area contributed by atoms with Crippen molar-refractivity contribution in [1.29, 1.82) is 0 Å². The fourth-order valence-corrected chi connectivity index (χ4v) is 3.75. The van der Waals surface area contributed by atoms with E-state index in [0.717, 1.165) is 70.0 Å². The molecule has 24 heavy (non-hydrogen) atoms. The Hall–Kier alpha value is -1.73. The zero-order valence-corrected chi connectivity index (χ0v) is 13.9. The van der Waals surface area contributed by atoms with Crippen molar-refractivity contribution in [2.24, 2.45) is 0 Å². The molecule has 0 radical (unpaired) electrons. The number of aromatic nitrogens is 2. The molecule has 1 aromatic heterocycles. The van der Waals surface area contributed by atoms with Crippen LogP contribution in [0.15, 0.2) is 6.33 Å². The number of morpholine rings is 1. The van der Waals surface area contributed by atoms with Gasteiger partial charge in [-0.05, 0) is 19.3 Å². The maximum atomic E-state index is 12.6. The smallest absolute Gasteiger partial charge is 0.251 e. The quantitative estimate of drug-likeness (QED) is 0.782. The number of carbonyl (C=O) groups is 1. The fourth-order valence-electron chi connectivity index (χ4n) is 3.75. The number of fused-ring (bicyclic) bond motifs is 1. The number of anilines is 1. The van der Waals surface area contributed by atoms with Crippen molar-refractivity contribution >= 4 is 11.7 Å². The number of rotatable bonds is 2. The lowest BCUT2D eigenvalue weighted by Crippen LogP contribution is -2.40. The van der Waals surface area contributed by atoms with Gasteiger partial charge in [-0.2, -0.15) is 0 Å². The van der Waals surface area contributed by atoms with E-state index < -0.39 is 0 Å². The van der Waals surface area contributed by atoms with Gasteiger partial charge < -0.3 is 19.3 Å². The highest BCUT2D eigenvalue weighted by Crippen LogP contribution is 2.25. The highest BCUT2D eigenvalue weighted by molar-refractivity contribution is 5.81. The van der Waals surface area contributed by atoms with Gasteiger partial charge in [-0.1, -0.05) is 0 Å². The topological polar surface area (TPSA) is 67.8 Å². The minimum absolute atomic E-state index is 0.140. The van der Waals surface area contributed by atoms with Gasteiger partial charge >= 0.3 is 0 Å². The predicted octanol–water partition coefficient (Wildman–Crippen LogP) is 0.419. The van der Waals surface area contributed by atoms with Crippen LogP contribution in [0.1, 0.15) is 24.1 Å². The van der Waals surface area contributed by atoms with Crippen LogP contribution >= 0.6 is 0 Å². The Bertz CT molecular complexity index is 597. The summed E-state index contributed by atoms with van der Waals surface area (Å²) in [6, 6.07) is 0. The van der Waals surface area contributed by atoms with Crippen molar-refractivity contribution in [3.8, 4) is 0 Å². The van der Waals surface area contributed by atoms with Crippen LogP contribution in [0.2, 0.25) is 0 Å². The SMILES string of the molecule is O=C([C@@H]1CCCO1)N1CCc2ncnc(N3CCOCC3)c2CC1. The summed E-state index contributed by atoms with van der Waals surface area (Å²) in [6.07, 6.45) is 4.84. The van der Waals surface area contributed by atoms with Crippen molar-refractivity contribution < 1.29 is 14.3 Å². The standard InChI is InChI=1S/C17H24N4O3/c22-17(15-2-1-9-24-15)21-5-3-13-14(4-6-21)18-12-19-16(13)20-7-10-23-11-8-20/h12,15H,1-11H2/t15-/m0/s1. The third kappa shape index (κ3) is 3.10. The number of ether oxygens (including phenoxy) is 2. The second kappa shape index (κ2) is 7.03. The van der Waals surface area contributed by atoms with Crippen LogP contribution in [0.5, 0.6) is 0 Å². The maximum absolute atomic E-state index is 12.6. The first-order valence-corrected chi connectivity index (χ1v) is 8.89. The van der Waals surface area contributed by atoms with E-state index in [1.807, 2.05) is 4.90 Å². The molecule has 2 fully saturated rings. The van der Waals surface area contributed by atoms with Crippen molar-refractivity contribution in [2.45, 2.75) is 31.8 Å². The molecule has 1 amide bonds. The van der Waals surface area contributed by atoms with Crippen LogP contribution in [-0.4, -0.2) is 72.9 Å². The molecule has 1 atom stereocenters. The van der Waals surface area contributed by atoms with E-state index in [4.69, 9.17) is 9.47 Å². The molecule has 0 aliphatic carbocycles. The summed E-state index contributed by atoms with van der Waals surface area (Å²) < 4.78 is 11.0. The first-order valence-electron chi connectivity index (χ1n) is 8.89. The van der Waals surface area contributed by atoms with E-state index in [0.29, 0.717) is 13.2 Å². The fraction of sp³-hybridized carbons (Fsp3) is 0.706. The molecule has 7 nitrogen and oxygen atoms in total.